The lowest BCUT2D eigenvalue weighted by Gasteiger charge is -2.19. The van der Waals surface area contributed by atoms with Crippen LogP contribution in [0, 0.1) is 0 Å². The normalized spacial score (nSPS) is 11.8. The van der Waals surface area contributed by atoms with Crippen LogP contribution in [0.1, 0.15) is 18.9 Å². The Morgan fingerprint density at radius 3 is 2.40 bits per heavy atom. The number of aliphatic hydroxyl groups excluding tert-OH is 1. The number of amides is 2. The molecule has 0 saturated heterocycles. The van der Waals surface area contributed by atoms with Gasteiger partial charge in [0, 0.05) is 25.7 Å². The molecule has 1 aromatic rings. The number of urea groups is 1. The van der Waals surface area contributed by atoms with Gasteiger partial charge in [-0.3, -0.25) is 4.79 Å². The summed E-state index contributed by atoms with van der Waals surface area (Å²) < 4.78 is 0. The Morgan fingerprint density at radius 1 is 1.30 bits per heavy atom. The number of rotatable bonds is 6. The summed E-state index contributed by atoms with van der Waals surface area (Å²) in [7, 11) is 1.60. The smallest absolute Gasteiger partial charge is 0.321 e. The summed E-state index contributed by atoms with van der Waals surface area (Å²) in [4.78, 5) is 23.6. The summed E-state index contributed by atoms with van der Waals surface area (Å²) in [6.45, 7) is 1.86. The van der Waals surface area contributed by atoms with Gasteiger partial charge in [-0.05, 0) is 31.0 Å². The zero-order valence-corrected chi connectivity index (χ0v) is 11.7. The minimum Gasteiger partial charge on any atom is -0.481 e. The molecule has 20 heavy (non-hydrogen) atoms. The molecular formula is C14H20N2O4. The number of aliphatic hydroxyl groups is 1. The Morgan fingerprint density at radius 2 is 1.90 bits per heavy atom. The Bertz CT molecular complexity index is 457. The SMILES string of the molecule is CC(O)CN(C)C(=O)Nc1ccc(CCC(=O)O)cc1. The number of carbonyl (C=O) groups excluding carboxylic acids is 1. The van der Waals surface area contributed by atoms with Crippen LogP contribution in [0.2, 0.25) is 0 Å². The number of aryl methyl sites for hydroxylation is 1. The number of aliphatic carboxylic acids is 1. The summed E-state index contributed by atoms with van der Waals surface area (Å²) in [6, 6.07) is 6.72. The summed E-state index contributed by atoms with van der Waals surface area (Å²) in [5.41, 5.74) is 1.54. The molecule has 1 atom stereocenters. The third kappa shape index (κ3) is 5.71. The molecule has 1 aromatic carbocycles. The zero-order valence-electron chi connectivity index (χ0n) is 11.7. The van der Waals surface area contributed by atoms with Gasteiger partial charge in [0.25, 0.3) is 0 Å². The zero-order chi connectivity index (χ0) is 15.1. The van der Waals surface area contributed by atoms with Crippen molar-refractivity contribution in [3.8, 4) is 0 Å². The van der Waals surface area contributed by atoms with Gasteiger partial charge in [0.05, 0.1) is 6.10 Å². The molecule has 0 aliphatic carbocycles. The van der Waals surface area contributed by atoms with Gasteiger partial charge >= 0.3 is 12.0 Å². The van der Waals surface area contributed by atoms with Crippen LogP contribution in [0.4, 0.5) is 10.5 Å². The van der Waals surface area contributed by atoms with Gasteiger partial charge < -0.3 is 20.4 Å². The minimum atomic E-state index is -0.831. The lowest BCUT2D eigenvalue weighted by Crippen LogP contribution is -2.36. The second-order valence-electron chi connectivity index (χ2n) is 4.75. The Balaban J connectivity index is 2.52. The topological polar surface area (TPSA) is 89.9 Å². The van der Waals surface area contributed by atoms with E-state index in [0.717, 1.165) is 5.56 Å². The van der Waals surface area contributed by atoms with E-state index in [0.29, 0.717) is 12.1 Å². The van der Waals surface area contributed by atoms with Crippen LogP contribution in [0.5, 0.6) is 0 Å². The largest absolute Gasteiger partial charge is 0.481 e. The predicted molar refractivity (Wildman–Crippen MR) is 75.7 cm³/mol. The lowest BCUT2D eigenvalue weighted by atomic mass is 10.1. The monoisotopic (exact) mass is 280 g/mol. The number of hydrogen-bond donors (Lipinski definition) is 3. The number of nitrogens with zero attached hydrogens (tertiary/aromatic N) is 1. The van der Waals surface area contributed by atoms with E-state index in [1.807, 2.05) is 0 Å². The highest BCUT2D eigenvalue weighted by atomic mass is 16.4. The molecule has 6 nitrogen and oxygen atoms in total. The molecule has 0 fully saturated rings. The summed E-state index contributed by atoms with van der Waals surface area (Å²) in [5.74, 6) is -0.831. The Hall–Kier alpha value is -2.08. The Labute approximate surface area is 118 Å². The molecule has 0 spiro atoms. The molecule has 0 aromatic heterocycles. The molecule has 0 aliphatic rings. The fourth-order valence-electron chi connectivity index (χ4n) is 1.70. The van der Waals surface area contributed by atoms with Crippen LogP contribution in [-0.4, -0.2) is 46.8 Å². The van der Waals surface area contributed by atoms with Crippen molar-refractivity contribution < 1.29 is 19.8 Å². The second kappa shape index (κ2) is 7.49. The molecule has 110 valence electrons. The van der Waals surface area contributed by atoms with E-state index in [1.165, 1.54) is 4.90 Å². The van der Waals surface area contributed by atoms with Gasteiger partial charge in [-0.15, -0.1) is 0 Å². The van der Waals surface area contributed by atoms with E-state index < -0.39 is 12.1 Å². The molecule has 2 amide bonds. The number of benzene rings is 1. The van der Waals surface area contributed by atoms with Crippen LogP contribution >= 0.6 is 0 Å². The maximum atomic E-state index is 11.8. The van der Waals surface area contributed by atoms with E-state index in [-0.39, 0.29) is 19.0 Å². The van der Waals surface area contributed by atoms with Crippen LogP contribution in [0.25, 0.3) is 0 Å². The third-order valence-electron chi connectivity index (χ3n) is 2.72. The van der Waals surface area contributed by atoms with Gasteiger partial charge in [0.1, 0.15) is 0 Å². The van der Waals surface area contributed by atoms with Gasteiger partial charge in [-0.25, -0.2) is 4.79 Å². The first kappa shape index (κ1) is 16.0. The molecule has 1 unspecified atom stereocenters. The number of likely N-dealkylation sites (N-methyl/N-ethyl adjacent to an activating group) is 1. The van der Waals surface area contributed by atoms with Crippen molar-refractivity contribution in [2.75, 3.05) is 18.9 Å². The van der Waals surface area contributed by atoms with Crippen molar-refractivity contribution in [2.24, 2.45) is 0 Å². The first-order valence-electron chi connectivity index (χ1n) is 6.39. The number of anilines is 1. The summed E-state index contributed by atoms with van der Waals surface area (Å²) >= 11 is 0. The highest BCUT2D eigenvalue weighted by molar-refractivity contribution is 5.89. The van der Waals surface area contributed by atoms with Crippen LogP contribution < -0.4 is 5.32 Å². The summed E-state index contributed by atoms with van der Waals surface area (Å²) in [6.07, 6.45) is -0.0296. The van der Waals surface area contributed by atoms with Crippen molar-refractivity contribution in [1.29, 1.82) is 0 Å². The number of carbonyl (C=O) groups is 2. The van der Waals surface area contributed by atoms with Gasteiger partial charge in [0.2, 0.25) is 0 Å². The van der Waals surface area contributed by atoms with E-state index in [4.69, 9.17) is 5.11 Å². The molecule has 0 saturated carbocycles. The number of nitrogens with one attached hydrogen (secondary N) is 1. The van der Waals surface area contributed by atoms with Crippen molar-refractivity contribution >= 4 is 17.7 Å². The molecular weight excluding hydrogens is 260 g/mol. The number of carboxylic acids is 1. The first-order chi connectivity index (χ1) is 9.38. The highest BCUT2D eigenvalue weighted by Crippen LogP contribution is 2.11. The average Bonchev–Trinajstić information content (AvgIpc) is 2.37. The van der Waals surface area contributed by atoms with Crippen LogP contribution in [0.3, 0.4) is 0 Å². The van der Waals surface area contributed by atoms with E-state index in [9.17, 15) is 14.7 Å². The molecule has 1 rings (SSSR count). The van der Waals surface area contributed by atoms with E-state index in [2.05, 4.69) is 5.32 Å². The van der Waals surface area contributed by atoms with Gasteiger partial charge in [-0.2, -0.15) is 0 Å². The number of hydrogen-bond acceptors (Lipinski definition) is 3. The maximum absolute atomic E-state index is 11.8. The van der Waals surface area contributed by atoms with Crippen molar-refractivity contribution in [1.82, 2.24) is 4.90 Å². The van der Waals surface area contributed by atoms with E-state index >= 15 is 0 Å². The van der Waals surface area contributed by atoms with Crippen molar-refractivity contribution in [3.63, 3.8) is 0 Å². The van der Waals surface area contributed by atoms with Crippen molar-refractivity contribution in [3.05, 3.63) is 29.8 Å². The van der Waals surface area contributed by atoms with E-state index in [1.54, 1.807) is 38.2 Å². The molecule has 0 aliphatic heterocycles. The third-order valence-corrected chi connectivity index (χ3v) is 2.72. The fraction of sp³-hybridized carbons (Fsp3) is 0.429. The fourth-order valence-corrected chi connectivity index (χ4v) is 1.70. The van der Waals surface area contributed by atoms with Gasteiger partial charge in [0.15, 0.2) is 0 Å². The lowest BCUT2D eigenvalue weighted by molar-refractivity contribution is -0.136. The standard InChI is InChI=1S/C14H20N2O4/c1-10(17)9-16(2)14(20)15-12-6-3-11(4-7-12)5-8-13(18)19/h3-4,6-7,10,17H,5,8-9H2,1-2H3,(H,15,20)(H,18,19). The quantitative estimate of drug-likeness (QED) is 0.737. The molecule has 3 N–H and O–H groups in total. The number of carboxylic acid groups (broad SMARTS) is 1. The second-order valence-corrected chi connectivity index (χ2v) is 4.75. The molecule has 0 heterocycles. The average molecular weight is 280 g/mol. The minimum absolute atomic E-state index is 0.0861. The van der Waals surface area contributed by atoms with Crippen LogP contribution in [0.15, 0.2) is 24.3 Å². The molecule has 0 radical (unpaired) electrons. The predicted octanol–water partition coefficient (Wildman–Crippen LogP) is 1.55. The van der Waals surface area contributed by atoms with Gasteiger partial charge in [-0.1, -0.05) is 12.1 Å². The highest BCUT2D eigenvalue weighted by Gasteiger charge is 2.10. The Kier molecular flexibility index (Phi) is 5.99. The van der Waals surface area contributed by atoms with Crippen LogP contribution in [-0.2, 0) is 11.2 Å². The maximum Gasteiger partial charge on any atom is 0.321 e. The summed E-state index contributed by atoms with van der Waals surface area (Å²) in [5, 5.41) is 20.5. The molecule has 6 heteroatoms. The van der Waals surface area contributed by atoms with Crippen molar-refractivity contribution in [2.45, 2.75) is 25.9 Å². The first-order valence-corrected chi connectivity index (χ1v) is 6.39. The molecule has 0 bridgehead atoms.